The molecule has 246 valence electrons. The molecule has 0 unspecified atom stereocenters. The van der Waals surface area contributed by atoms with Gasteiger partial charge in [0.1, 0.15) is 0 Å². The molecule has 0 fully saturated rings. The molecule has 0 atom stereocenters. The number of halogens is 2. The minimum atomic E-state index is 0.0278. The molecule has 2 N–H and O–H groups in total. The van der Waals surface area contributed by atoms with Crippen molar-refractivity contribution in [2.75, 3.05) is 0 Å². The van der Waals surface area contributed by atoms with Crippen LogP contribution in [-0.4, -0.2) is 19.9 Å². The van der Waals surface area contributed by atoms with Gasteiger partial charge in [0.15, 0.2) is 0 Å². The predicted molar refractivity (Wildman–Crippen MR) is 221 cm³/mol. The summed E-state index contributed by atoms with van der Waals surface area (Å²) in [5, 5.41) is 0. The maximum Gasteiger partial charge on any atom is 0.0737 e. The summed E-state index contributed by atoms with van der Waals surface area (Å²) >= 11 is 9.58. The van der Waals surface area contributed by atoms with Gasteiger partial charge < -0.3 is 9.97 Å². The molecular weight excluding hydrogens is 686 g/mol. The summed E-state index contributed by atoms with van der Waals surface area (Å²) in [6, 6.07) is 50.7. The van der Waals surface area contributed by atoms with Crippen molar-refractivity contribution in [1.82, 2.24) is 19.9 Å². The Kier molecular flexibility index (Phi) is 9.46. The molecule has 5 heterocycles. The minimum Gasteiger partial charge on any atom is -0.354 e. The molecule has 7 aromatic rings. The number of hydrogen-bond acceptors (Lipinski definition) is 2. The molecule has 0 amide bonds. The third-order valence-corrected chi connectivity index (χ3v) is 9.00. The number of nitrogens with one attached hydrogen (secondary N) is 2. The number of aromatic nitrogens is 4. The molecule has 2 aliphatic rings. The fourth-order valence-corrected chi connectivity index (χ4v) is 6.84. The van der Waals surface area contributed by atoms with E-state index in [0.717, 1.165) is 89.4 Å². The van der Waals surface area contributed by atoms with E-state index in [1.54, 1.807) is 0 Å². The van der Waals surface area contributed by atoms with Crippen molar-refractivity contribution in [3.63, 3.8) is 0 Å². The highest BCUT2D eigenvalue weighted by Crippen LogP contribution is 2.38. The van der Waals surface area contributed by atoms with Gasteiger partial charge in [-0.3, -0.25) is 0 Å². The number of benzene rings is 4. The second-order valence-electron chi connectivity index (χ2n) is 12.0. The van der Waals surface area contributed by atoms with Crippen LogP contribution in [0.1, 0.15) is 22.8 Å². The van der Waals surface area contributed by atoms with E-state index in [0.29, 0.717) is 0 Å². The van der Waals surface area contributed by atoms with Crippen LogP contribution in [0.4, 0.5) is 0 Å². The van der Waals surface area contributed by atoms with Crippen LogP contribution < -0.4 is 0 Å². The van der Waals surface area contributed by atoms with Crippen LogP contribution in [0.2, 0.25) is 0 Å². The Morgan fingerprint density at radius 3 is 0.765 bits per heavy atom. The van der Waals surface area contributed by atoms with Crippen LogP contribution in [0.3, 0.4) is 0 Å². The van der Waals surface area contributed by atoms with E-state index < -0.39 is 0 Å². The molecular formula is C44H31Cl2N4P. The fourth-order valence-electron chi connectivity index (χ4n) is 6.84. The largest absolute Gasteiger partial charge is 0.354 e. The third-order valence-electron chi connectivity index (χ3n) is 9.00. The number of H-pyrrole nitrogens is 2. The molecule has 51 heavy (non-hydrogen) atoms. The Morgan fingerprint density at radius 2 is 0.549 bits per heavy atom. The first-order valence-corrected chi connectivity index (χ1v) is 19.6. The van der Waals surface area contributed by atoms with E-state index in [2.05, 4.69) is 156 Å². The Morgan fingerprint density at radius 1 is 0.333 bits per heavy atom. The highest BCUT2D eigenvalue weighted by molar-refractivity contribution is 7.90. The van der Waals surface area contributed by atoms with Gasteiger partial charge >= 0.3 is 0 Å². The molecule has 0 saturated carbocycles. The minimum absolute atomic E-state index is 0.0278. The van der Waals surface area contributed by atoms with Crippen molar-refractivity contribution in [3.05, 3.63) is 168 Å². The molecule has 0 saturated heterocycles. The van der Waals surface area contributed by atoms with Gasteiger partial charge in [0, 0.05) is 44.3 Å². The average molecular weight is 718 g/mol. The van der Waals surface area contributed by atoms with Crippen LogP contribution >= 0.6 is 29.8 Å². The van der Waals surface area contributed by atoms with Crippen molar-refractivity contribution in [3.8, 4) is 44.5 Å². The Bertz CT molecular complexity index is 2210. The van der Waals surface area contributed by atoms with Gasteiger partial charge in [0.25, 0.3) is 0 Å². The molecule has 9 rings (SSSR count). The van der Waals surface area contributed by atoms with E-state index in [1.807, 2.05) is 24.3 Å². The summed E-state index contributed by atoms with van der Waals surface area (Å²) in [5.74, 6) is 0. The second kappa shape index (κ2) is 14.8. The number of fused-ring (bicyclic) bond motifs is 8. The van der Waals surface area contributed by atoms with E-state index >= 15 is 0 Å². The number of rotatable bonds is 4. The number of nitrogens with zero attached hydrogens (tertiary/aromatic N) is 2. The van der Waals surface area contributed by atoms with Gasteiger partial charge in [-0.15, -0.1) is 0 Å². The van der Waals surface area contributed by atoms with Gasteiger partial charge in [0.05, 0.1) is 30.1 Å². The van der Waals surface area contributed by atoms with Gasteiger partial charge in [-0.1, -0.05) is 144 Å². The summed E-state index contributed by atoms with van der Waals surface area (Å²) in [5.41, 5.74) is 16.2. The summed E-state index contributed by atoms with van der Waals surface area (Å²) in [7, 11) is 0.0278. The molecule has 8 bridgehead atoms. The molecule has 0 radical (unpaired) electrons. The zero-order chi connectivity index (χ0) is 34.6. The fraction of sp³-hybridized carbons (Fsp3) is 0. The van der Waals surface area contributed by atoms with Crippen LogP contribution in [0.15, 0.2) is 146 Å². The first-order valence-electron chi connectivity index (χ1n) is 16.6. The highest BCUT2D eigenvalue weighted by Gasteiger charge is 2.18. The standard InChI is InChI=1S/C44H30N4.Cl2HP/c1-5-13-29(14-6-1)41-33-21-23-35(45-33)42(30-15-7-2-8-16-30)37-25-27-39(47-37)44(32-19-11-4-12-20-32)40-28-26-38(48-40)43(31-17-9-3-10-18-31)36-24-22-34(41)46-36;1-3-2/h1-28,45,48H;3H. The van der Waals surface area contributed by atoms with Crippen LogP contribution in [0.5, 0.6) is 0 Å². The lowest BCUT2D eigenvalue weighted by atomic mass is 10.0. The van der Waals surface area contributed by atoms with E-state index in [1.165, 1.54) is 0 Å². The molecule has 4 aromatic carbocycles. The van der Waals surface area contributed by atoms with Crippen molar-refractivity contribution >= 4 is 76.1 Å². The molecule has 4 nitrogen and oxygen atoms in total. The van der Waals surface area contributed by atoms with Gasteiger partial charge in [-0.05, 0) is 70.8 Å². The molecule has 0 aliphatic carbocycles. The predicted octanol–water partition coefficient (Wildman–Crippen LogP) is 13.3. The van der Waals surface area contributed by atoms with Crippen molar-refractivity contribution in [2.24, 2.45) is 0 Å². The molecule has 2 aliphatic heterocycles. The number of aromatic amines is 2. The van der Waals surface area contributed by atoms with Crippen molar-refractivity contribution in [2.45, 2.75) is 0 Å². The smallest absolute Gasteiger partial charge is 0.0737 e. The van der Waals surface area contributed by atoms with Crippen LogP contribution in [0, 0.1) is 0 Å². The highest BCUT2D eigenvalue weighted by atomic mass is 35.9. The first kappa shape index (κ1) is 32.7. The SMILES string of the molecule is C1=Cc2nc1c(-c1ccccc1)c1ccc([nH]1)c(-c1ccccc1)c1nc(c(-c3ccccc3)c3ccc([nH]3)c2-c2ccccc2)C=C1.ClPCl. The van der Waals surface area contributed by atoms with E-state index in [9.17, 15) is 0 Å². The lowest BCUT2D eigenvalue weighted by Gasteiger charge is -2.07. The Balaban J connectivity index is 0.00000121. The summed E-state index contributed by atoms with van der Waals surface area (Å²) in [4.78, 5) is 18.3. The monoisotopic (exact) mass is 716 g/mol. The molecule has 0 spiro atoms. The Labute approximate surface area is 307 Å². The quantitative estimate of drug-likeness (QED) is 0.178. The van der Waals surface area contributed by atoms with Gasteiger partial charge in [-0.2, -0.15) is 0 Å². The Hall–Kier alpha value is -5.51. The van der Waals surface area contributed by atoms with E-state index in [-0.39, 0.29) is 7.29 Å². The van der Waals surface area contributed by atoms with Gasteiger partial charge in [0.2, 0.25) is 0 Å². The summed E-state index contributed by atoms with van der Waals surface area (Å²) in [6.45, 7) is 0. The van der Waals surface area contributed by atoms with Gasteiger partial charge in [-0.25, -0.2) is 9.97 Å². The van der Waals surface area contributed by atoms with Crippen LogP contribution in [0.25, 0.3) is 90.9 Å². The lowest BCUT2D eigenvalue weighted by Crippen LogP contribution is -1.89. The maximum atomic E-state index is 5.35. The van der Waals surface area contributed by atoms with Crippen molar-refractivity contribution in [1.29, 1.82) is 0 Å². The third kappa shape index (κ3) is 6.58. The maximum absolute atomic E-state index is 5.35. The van der Waals surface area contributed by atoms with E-state index in [4.69, 9.17) is 32.4 Å². The number of hydrogen-bond donors (Lipinski definition) is 2. The zero-order valence-corrected chi connectivity index (χ0v) is 29.8. The lowest BCUT2D eigenvalue weighted by molar-refractivity contribution is 1.31. The average Bonchev–Trinajstić information content (AvgIpc) is 4.02. The topological polar surface area (TPSA) is 57.4 Å². The van der Waals surface area contributed by atoms with Crippen LogP contribution in [-0.2, 0) is 0 Å². The zero-order valence-electron chi connectivity index (χ0n) is 27.3. The molecule has 7 heteroatoms. The normalized spacial score (nSPS) is 11.6. The van der Waals surface area contributed by atoms with Crippen molar-refractivity contribution < 1.29 is 0 Å². The molecule has 3 aromatic heterocycles. The second-order valence-corrected chi connectivity index (χ2v) is 13.9. The summed E-state index contributed by atoms with van der Waals surface area (Å²) < 4.78 is 0. The first-order chi connectivity index (χ1) is 25.2. The summed E-state index contributed by atoms with van der Waals surface area (Å²) in [6.07, 6.45) is 8.54.